The molecule has 0 bridgehead atoms. The van der Waals surface area contributed by atoms with E-state index in [9.17, 15) is 4.79 Å². The number of hydrogen-bond acceptors (Lipinski definition) is 6. The highest BCUT2D eigenvalue weighted by molar-refractivity contribution is 5.95. The predicted molar refractivity (Wildman–Crippen MR) is 68.5 cm³/mol. The first-order chi connectivity index (χ1) is 9.15. The monoisotopic (exact) mass is 262 g/mol. The van der Waals surface area contributed by atoms with E-state index in [1.165, 1.54) is 14.0 Å². The summed E-state index contributed by atoms with van der Waals surface area (Å²) in [4.78, 5) is 15.4. The zero-order chi connectivity index (χ0) is 13.8. The van der Waals surface area contributed by atoms with Crippen LogP contribution < -0.4 is 15.8 Å². The molecule has 2 aromatic rings. The van der Waals surface area contributed by atoms with Crippen molar-refractivity contribution in [2.75, 3.05) is 12.4 Å². The molecule has 0 unspecified atom stereocenters. The maximum absolute atomic E-state index is 11.3. The summed E-state index contributed by atoms with van der Waals surface area (Å²) in [6, 6.07) is 5.27. The Hall–Kier alpha value is -2.41. The summed E-state index contributed by atoms with van der Waals surface area (Å²) in [5.74, 6) is 0.981. The number of nitrogens with one attached hydrogen (secondary N) is 1. The van der Waals surface area contributed by atoms with E-state index < -0.39 is 0 Å². The van der Waals surface area contributed by atoms with Crippen LogP contribution in [0.1, 0.15) is 12.8 Å². The van der Waals surface area contributed by atoms with Gasteiger partial charge in [0, 0.05) is 6.92 Å². The average Bonchev–Trinajstić information content (AvgIpc) is 2.87. The number of anilines is 1. The van der Waals surface area contributed by atoms with Crippen LogP contribution in [0.3, 0.4) is 0 Å². The topological polar surface area (TPSA) is 103 Å². The van der Waals surface area contributed by atoms with E-state index >= 15 is 0 Å². The molecule has 0 fully saturated rings. The maximum atomic E-state index is 11.3. The van der Waals surface area contributed by atoms with Gasteiger partial charge in [-0.1, -0.05) is 11.2 Å². The Morgan fingerprint density at radius 1 is 1.53 bits per heavy atom. The molecule has 2 rings (SSSR count). The number of rotatable bonds is 4. The second-order valence-electron chi connectivity index (χ2n) is 3.78. The van der Waals surface area contributed by atoms with Crippen molar-refractivity contribution in [3.05, 3.63) is 24.1 Å². The molecule has 7 heteroatoms. The van der Waals surface area contributed by atoms with Gasteiger partial charge in [0.1, 0.15) is 5.75 Å². The Bertz CT molecular complexity index is 594. The minimum atomic E-state index is -0.215. The molecule has 0 atom stereocenters. The highest BCUT2D eigenvalue weighted by atomic mass is 16.5. The van der Waals surface area contributed by atoms with Crippen molar-refractivity contribution in [3.8, 4) is 17.1 Å². The van der Waals surface area contributed by atoms with Crippen molar-refractivity contribution >= 4 is 11.6 Å². The van der Waals surface area contributed by atoms with E-state index in [0.29, 0.717) is 28.7 Å². The number of carbonyl (C=O) groups is 1. The molecule has 0 aliphatic carbocycles. The smallest absolute Gasteiger partial charge is 0.240 e. The summed E-state index contributed by atoms with van der Waals surface area (Å²) in [6.07, 6.45) is 0. The third-order valence-electron chi connectivity index (χ3n) is 2.43. The summed E-state index contributed by atoms with van der Waals surface area (Å²) in [7, 11) is 1.52. The number of amides is 1. The maximum Gasteiger partial charge on any atom is 0.240 e. The van der Waals surface area contributed by atoms with Crippen LogP contribution in [0.25, 0.3) is 11.4 Å². The minimum Gasteiger partial charge on any atom is -0.495 e. The van der Waals surface area contributed by atoms with Crippen molar-refractivity contribution in [3.63, 3.8) is 0 Å². The van der Waals surface area contributed by atoms with Crippen LogP contribution in [-0.2, 0) is 11.3 Å². The van der Waals surface area contributed by atoms with Crippen LogP contribution in [0.5, 0.6) is 5.75 Å². The highest BCUT2D eigenvalue weighted by Crippen LogP contribution is 2.34. The van der Waals surface area contributed by atoms with Crippen molar-refractivity contribution in [2.24, 2.45) is 5.73 Å². The molecule has 0 aliphatic rings. The Morgan fingerprint density at radius 2 is 2.32 bits per heavy atom. The van der Waals surface area contributed by atoms with Crippen molar-refractivity contribution < 1.29 is 14.1 Å². The standard InChI is InChI=1S/C12H14N4O3/c1-7(17)14-11-8(4-3-5-9(11)18-2)12-15-10(6-13)19-16-12/h3-5H,6,13H2,1-2H3,(H,14,17). The number of methoxy groups -OCH3 is 1. The van der Waals surface area contributed by atoms with Crippen LogP contribution in [0.15, 0.2) is 22.7 Å². The van der Waals surface area contributed by atoms with Crippen molar-refractivity contribution in [2.45, 2.75) is 13.5 Å². The minimum absolute atomic E-state index is 0.159. The largest absolute Gasteiger partial charge is 0.495 e. The van der Waals surface area contributed by atoms with Gasteiger partial charge in [-0.3, -0.25) is 4.79 Å². The van der Waals surface area contributed by atoms with Gasteiger partial charge >= 0.3 is 0 Å². The molecule has 1 heterocycles. The van der Waals surface area contributed by atoms with E-state index in [0.717, 1.165) is 0 Å². The fraction of sp³-hybridized carbons (Fsp3) is 0.250. The number of para-hydroxylation sites is 1. The zero-order valence-electron chi connectivity index (χ0n) is 10.6. The Balaban J connectivity index is 2.51. The molecular formula is C12H14N4O3. The second-order valence-corrected chi connectivity index (χ2v) is 3.78. The molecule has 0 spiro atoms. The van der Waals surface area contributed by atoms with Gasteiger partial charge in [-0.2, -0.15) is 4.98 Å². The Morgan fingerprint density at radius 3 is 2.89 bits per heavy atom. The zero-order valence-corrected chi connectivity index (χ0v) is 10.6. The first-order valence-electron chi connectivity index (χ1n) is 5.63. The number of nitrogens with zero attached hydrogens (tertiary/aromatic N) is 2. The lowest BCUT2D eigenvalue weighted by molar-refractivity contribution is -0.114. The number of ether oxygens (including phenoxy) is 1. The Labute approximate surface area is 109 Å². The fourth-order valence-corrected chi connectivity index (χ4v) is 1.64. The van der Waals surface area contributed by atoms with Gasteiger partial charge in [0.05, 0.1) is 24.9 Å². The van der Waals surface area contributed by atoms with E-state index in [1.54, 1.807) is 18.2 Å². The summed E-state index contributed by atoms with van der Waals surface area (Å²) in [5, 5.41) is 6.53. The molecule has 3 N–H and O–H groups in total. The predicted octanol–water partition coefficient (Wildman–Crippen LogP) is 1.16. The molecule has 0 radical (unpaired) electrons. The molecule has 0 saturated carbocycles. The number of benzene rings is 1. The van der Waals surface area contributed by atoms with Gasteiger partial charge in [-0.15, -0.1) is 0 Å². The molecule has 0 saturated heterocycles. The Kier molecular flexibility index (Phi) is 3.76. The quantitative estimate of drug-likeness (QED) is 0.857. The fourth-order valence-electron chi connectivity index (χ4n) is 1.64. The van der Waals surface area contributed by atoms with Crippen LogP contribution in [0.4, 0.5) is 5.69 Å². The van der Waals surface area contributed by atoms with Gasteiger partial charge in [0.2, 0.25) is 17.6 Å². The lowest BCUT2D eigenvalue weighted by Crippen LogP contribution is -2.08. The van der Waals surface area contributed by atoms with E-state index in [-0.39, 0.29) is 12.5 Å². The molecule has 19 heavy (non-hydrogen) atoms. The van der Waals surface area contributed by atoms with Gasteiger partial charge in [0.25, 0.3) is 0 Å². The number of nitrogens with two attached hydrogens (primary N) is 1. The third-order valence-corrected chi connectivity index (χ3v) is 2.43. The lowest BCUT2D eigenvalue weighted by Gasteiger charge is -2.11. The molecule has 0 aliphatic heterocycles. The molecule has 7 nitrogen and oxygen atoms in total. The second kappa shape index (κ2) is 5.49. The summed E-state index contributed by atoms with van der Waals surface area (Å²) in [5.41, 5.74) is 6.54. The normalized spacial score (nSPS) is 10.3. The van der Waals surface area contributed by atoms with E-state index in [1.807, 2.05) is 0 Å². The van der Waals surface area contributed by atoms with Gasteiger partial charge in [-0.05, 0) is 12.1 Å². The van der Waals surface area contributed by atoms with Crippen LogP contribution >= 0.6 is 0 Å². The first kappa shape index (κ1) is 13.0. The SMILES string of the molecule is COc1cccc(-c2noc(CN)n2)c1NC(C)=O. The van der Waals surface area contributed by atoms with Gasteiger partial charge < -0.3 is 20.3 Å². The molecule has 1 aromatic heterocycles. The molecule has 1 amide bonds. The number of hydrogen-bond donors (Lipinski definition) is 2. The van der Waals surface area contributed by atoms with E-state index in [2.05, 4.69) is 15.5 Å². The van der Waals surface area contributed by atoms with E-state index in [4.69, 9.17) is 15.0 Å². The third kappa shape index (κ3) is 2.71. The van der Waals surface area contributed by atoms with Crippen molar-refractivity contribution in [1.82, 2.24) is 10.1 Å². The summed E-state index contributed by atoms with van der Waals surface area (Å²) >= 11 is 0. The highest BCUT2D eigenvalue weighted by Gasteiger charge is 2.16. The average molecular weight is 262 g/mol. The van der Waals surface area contributed by atoms with Crippen LogP contribution in [0.2, 0.25) is 0 Å². The lowest BCUT2D eigenvalue weighted by atomic mass is 10.1. The number of aromatic nitrogens is 2. The van der Waals surface area contributed by atoms with Crippen molar-refractivity contribution in [1.29, 1.82) is 0 Å². The molecular weight excluding hydrogens is 248 g/mol. The summed E-state index contributed by atoms with van der Waals surface area (Å²) < 4.78 is 10.2. The molecule has 100 valence electrons. The molecule has 1 aromatic carbocycles. The van der Waals surface area contributed by atoms with Crippen LogP contribution in [0, 0.1) is 0 Å². The first-order valence-corrected chi connectivity index (χ1v) is 5.63. The summed E-state index contributed by atoms with van der Waals surface area (Å²) in [6.45, 7) is 1.57. The number of carbonyl (C=O) groups excluding carboxylic acids is 1. The van der Waals surface area contributed by atoms with Gasteiger partial charge in [0.15, 0.2) is 0 Å². The van der Waals surface area contributed by atoms with Gasteiger partial charge in [-0.25, -0.2) is 0 Å². The van der Waals surface area contributed by atoms with Crippen LogP contribution in [-0.4, -0.2) is 23.2 Å².